The third-order valence-corrected chi connectivity index (χ3v) is 8.36. The van der Waals surface area contributed by atoms with Crippen LogP contribution < -0.4 is 0 Å². The van der Waals surface area contributed by atoms with E-state index < -0.39 is 17.0 Å². The van der Waals surface area contributed by atoms with Crippen LogP contribution >= 0.6 is 0 Å². The zero-order valence-corrected chi connectivity index (χ0v) is 19.5. The molecule has 0 bridgehead atoms. The minimum Gasteiger partial charge on any atom is -0.371 e. The topological polar surface area (TPSA) is 54.3 Å². The molecule has 1 saturated carbocycles. The van der Waals surface area contributed by atoms with Gasteiger partial charge in [-0.25, -0.2) is 8.78 Å². The molecule has 3 fully saturated rings. The van der Waals surface area contributed by atoms with Crippen molar-refractivity contribution in [3.8, 4) is 0 Å². The van der Waals surface area contributed by atoms with Crippen molar-refractivity contribution >= 4 is 11.6 Å². The number of halogens is 2. The number of likely N-dealkylation sites (tertiary alicyclic amines) is 1. The molecule has 0 aromatic heterocycles. The molecule has 1 amide bonds. The van der Waals surface area contributed by atoms with E-state index in [9.17, 15) is 13.6 Å². The van der Waals surface area contributed by atoms with Gasteiger partial charge in [-0.2, -0.15) is 10.2 Å². The fraction of sp³-hybridized carbons (Fsp3) is 0.640. The zero-order chi connectivity index (χ0) is 23.1. The van der Waals surface area contributed by atoms with Gasteiger partial charge in [0.2, 0.25) is 5.91 Å². The first kappa shape index (κ1) is 23.0. The molecule has 5 nitrogen and oxygen atoms in total. The van der Waals surface area contributed by atoms with E-state index in [0.717, 1.165) is 32.3 Å². The van der Waals surface area contributed by atoms with Crippen molar-refractivity contribution in [3.63, 3.8) is 0 Å². The summed E-state index contributed by atoms with van der Waals surface area (Å²) in [6.07, 6.45) is 6.11. The predicted octanol–water partition coefficient (Wildman–Crippen LogP) is 5.61. The monoisotopic (exact) mass is 445 g/mol. The Balaban J connectivity index is 1.51. The second kappa shape index (κ2) is 8.32. The molecule has 1 unspecified atom stereocenters. The van der Waals surface area contributed by atoms with Gasteiger partial charge in [0.25, 0.3) is 0 Å². The van der Waals surface area contributed by atoms with Crippen LogP contribution in [0.3, 0.4) is 0 Å². The van der Waals surface area contributed by atoms with Crippen molar-refractivity contribution in [2.75, 3.05) is 26.7 Å². The van der Waals surface area contributed by atoms with Gasteiger partial charge in [-0.3, -0.25) is 4.79 Å². The number of ether oxygens (including phenoxy) is 1. The molecule has 2 saturated heterocycles. The molecular formula is C25H33F2N3O2. The van der Waals surface area contributed by atoms with Gasteiger partial charge < -0.3 is 9.64 Å². The van der Waals surface area contributed by atoms with E-state index >= 15 is 0 Å². The van der Waals surface area contributed by atoms with Gasteiger partial charge in [-0.1, -0.05) is 32.9 Å². The summed E-state index contributed by atoms with van der Waals surface area (Å²) < 4.78 is 34.5. The smallest absolute Gasteiger partial charge is 0.229 e. The van der Waals surface area contributed by atoms with Crippen LogP contribution in [-0.4, -0.2) is 43.2 Å². The van der Waals surface area contributed by atoms with Crippen LogP contribution in [-0.2, 0) is 9.53 Å². The number of carbonyl (C=O) groups excluding carboxylic acids is 1. The van der Waals surface area contributed by atoms with Gasteiger partial charge in [0.05, 0.1) is 29.8 Å². The number of allylic oxidation sites excluding steroid dienone is 1. The van der Waals surface area contributed by atoms with Gasteiger partial charge in [-0.05, 0) is 55.6 Å². The number of hydrogen-bond donors (Lipinski definition) is 0. The minimum atomic E-state index is -0.657. The van der Waals surface area contributed by atoms with Crippen LogP contribution in [0, 0.1) is 28.4 Å². The van der Waals surface area contributed by atoms with Gasteiger partial charge in [0.1, 0.15) is 17.2 Å². The molecule has 4 rings (SSSR count). The largest absolute Gasteiger partial charge is 0.371 e. The Morgan fingerprint density at radius 3 is 2.50 bits per heavy atom. The van der Waals surface area contributed by atoms with Crippen LogP contribution in [0.1, 0.15) is 58.4 Å². The summed E-state index contributed by atoms with van der Waals surface area (Å²) in [6, 6.07) is 3.78. The van der Waals surface area contributed by atoms with E-state index in [1.165, 1.54) is 25.2 Å². The standard InChI is InChI=1S/C25H33F2N3O2/c1-23(2)17(9-10-20(29-28-4)21-18(26)7-5-8-19(21)27)11-13-24(23,3)22(31)30-15-25(16-30)12-6-14-32-25/h5,7-8,10,17H,6,9,11-16H2,1-4H3/b20-10-,29-28-/t17?,24-/m1/s1. The molecule has 174 valence electrons. The van der Waals surface area contributed by atoms with Crippen LogP contribution in [0.5, 0.6) is 0 Å². The van der Waals surface area contributed by atoms with Crippen LogP contribution in [0.15, 0.2) is 34.5 Å². The van der Waals surface area contributed by atoms with Crippen LogP contribution in [0.2, 0.25) is 0 Å². The van der Waals surface area contributed by atoms with Gasteiger partial charge in [0.15, 0.2) is 0 Å². The van der Waals surface area contributed by atoms with E-state index in [0.29, 0.717) is 19.5 Å². The summed E-state index contributed by atoms with van der Waals surface area (Å²) in [7, 11) is 1.48. The number of carbonyl (C=O) groups is 1. The van der Waals surface area contributed by atoms with Gasteiger partial charge >= 0.3 is 0 Å². The van der Waals surface area contributed by atoms with E-state index in [4.69, 9.17) is 4.74 Å². The average Bonchev–Trinajstić information content (AvgIpc) is 3.29. The maximum atomic E-state index is 14.3. The number of nitrogens with zero attached hydrogens (tertiary/aromatic N) is 3. The zero-order valence-electron chi connectivity index (χ0n) is 19.5. The Bertz CT molecular complexity index is 924. The van der Waals surface area contributed by atoms with Crippen LogP contribution in [0.4, 0.5) is 8.78 Å². The summed E-state index contributed by atoms with van der Waals surface area (Å²) in [4.78, 5) is 15.5. The molecular weight excluding hydrogens is 412 g/mol. The lowest BCUT2D eigenvalue weighted by Gasteiger charge is -2.52. The molecule has 7 heteroatoms. The van der Waals surface area contributed by atoms with Crippen molar-refractivity contribution in [1.82, 2.24) is 4.90 Å². The molecule has 1 aromatic carbocycles. The normalized spacial score (nSPS) is 29.1. The van der Waals surface area contributed by atoms with Crippen LogP contribution in [0.25, 0.3) is 5.70 Å². The first-order chi connectivity index (χ1) is 15.1. The summed E-state index contributed by atoms with van der Waals surface area (Å²) in [6.45, 7) is 8.53. The molecule has 1 aromatic rings. The van der Waals surface area contributed by atoms with Gasteiger partial charge in [-0.15, -0.1) is 0 Å². The summed E-state index contributed by atoms with van der Waals surface area (Å²) >= 11 is 0. The van der Waals surface area contributed by atoms with E-state index in [-0.39, 0.29) is 34.1 Å². The Morgan fingerprint density at radius 2 is 1.91 bits per heavy atom. The SMILES string of the molecule is C/N=N\C(=C/CC1CC[C@](C)(C(=O)N2CC3(CCCO3)C2)C1(C)C)c1c(F)cccc1F. The lowest BCUT2D eigenvalue weighted by Crippen LogP contribution is -2.66. The Labute approximate surface area is 188 Å². The third-order valence-electron chi connectivity index (χ3n) is 8.36. The molecule has 3 aliphatic rings. The van der Waals surface area contributed by atoms with E-state index in [1.54, 1.807) is 6.08 Å². The number of benzene rings is 1. The number of hydrogen-bond acceptors (Lipinski definition) is 4. The molecule has 2 aliphatic heterocycles. The molecule has 2 atom stereocenters. The summed E-state index contributed by atoms with van der Waals surface area (Å²) in [5.41, 5.74) is -0.832. The van der Waals surface area contributed by atoms with Crippen molar-refractivity contribution in [3.05, 3.63) is 41.5 Å². The quantitative estimate of drug-likeness (QED) is 0.553. The predicted molar refractivity (Wildman–Crippen MR) is 119 cm³/mol. The highest BCUT2D eigenvalue weighted by Crippen LogP contribution is 2.58. The Morgan fingerprint density at radius 1 is 1.22 bits per heavy atom. The molecule has 0 radical (unpaired) electrons. The second-order valence-electron chi connectivity index (χ2n) is 10.3. The maximum Gasteiger partial charge on any atom is 0.229 e. The van der Waals surface area contributed by atoms with Gasteiger partial charge in [0, 0.05) is 13.7 Å². The maximum absolute atomic E-state index is 14.3. The van der Waals surface area contributed by atoms with E-state index in [2.05, 4.69) is 31.0 Å². The summed E-state index contributed by atoms with van der Waals surface area (Å²) in [5, 5.41) is 7.77. The third kappa shape index (κ3) is 3.68. The highest BCUT2D eigenvalue weighted by molar-refractivity contribution is 5.85. The number of rotatable bonds is 5. The van der Waals surface area contributed by atoms with Crippen molar-refractivity contribution in [2.24, 2.45) is 27.0 Å². The molecule has 2 heterocycles. The lowest BCUT2D eigenvalue weighted by molar-refractivity contribution is -0.172. The molecule has 32 heavy (non-hydrogen) atoms. The highest BCUT2D eigenvalue weighted by Gasteiger charge is 2.59. The van der Waals surface area contributed by atoms with E-state index in [1.807, 2.05) is 4.90 Å². The molecule has 0 N–H and O–H groups in total. The second-order valence-corrected chi connectivity index (χ2v) is 10.3. The lowest BCUT2D eigenvalue weighted by atomic mass is 9.63. The fourth-order valence-corrected chi connectivity index (χ4v) is 5.84. The summed E-state index contributed by atoms with van der Waals surface area (Å²) in [5.74, 6) is -0.930. The molecule has 1 aliphatic carbocycles. The number of amides is 1. The first-order valence-electron chi connectivity index (χ1n) is 11.5. The Hall–Kier alpha value is -2.15. The fourth-order valence-electron chi connectivity index (χ4n) is 5.84. The molecule has 1 spiro atoms. The van der Waals surface area contributed by atoms with Crippen molar-refractivity contribution in [1.29, 1.82) is 0 Å². The number of azo groups is 1. The van der Waals surface area contributed by atoms with Crippen molar-refractivity contribution < 1.29 is 18.3 Å². The minimum absolute atomic E-state index is 0.110. The van der Waals surface area contributed by atoms with Crippen molar-refractivity contribution in [2.45, 2.75) is 58.5 Å². The average molecular weight is 446 g/mol. The highest BCUT2D eigenvalue weighted by atomic mass is 19.1. The Kier molecular flexibility index (Phi) is 5.99. The first-order valence-corrected chi connectivity index (χ1v) is 11.5.